The van der Waals surface area contributed by atoms with Crippen LogP contribution in [0.15, 0.2) is 30.3 Å². The molecule has 1 aromatic rings. The van der Waals surface area contributed by atoms with E-state index in [1.165, 1.54) is 12.1 Å². The van der Waals surface area contributed by atoms with Gasteiger partial charge in [-0.1, -0.05) is 18.2 Å². The van der Waals surface area contributed by atoms with Crippen LogP contribution >= 0.6 is 7.37 Å². The van der Waals surface area contributed by atoms with Gasteiger partial charge in [0.05, 0.1) is 5.75 Å². The number of hydrogen-bond donors (Lipinski definition) is 2. The van der Waals surface area contributed by atoms with Gasteiger partial charge < -0.3 is 4.89 Å². The van der Waals surface area contributed by atoms with Gasteiger partial charge in [0.2, 0.25) is 7.37 Å². The van der Waals surface area contributed by atoms with Crippen LogP contribution in [0.5, 0.6) is 0 Å². The highest BCUT2D eigenvalue weighted by Gasteiger charge is 2.21. The summed E-state index contributed by atoms with van der Waals surface area (Å²) in [5.41, 5.74) is 0. The fourth-order valence-corrected chi connectivity index (χ4v) is 3.46. The van der Waals surface area contributed by atoms with Gasteiger partial charge in [0.1, 0.15) is 0 Å². The molecule has 0 radical (unpaired) electrons. The summed E-state index contributed by atoms with van der Waals surface area (Å²) < 4.78 is 41.1. The van der Waals surface area contributed by atoms with Crippen molar-refractivity contribution in [3.05, 3.63) is 30.3 Å². The third kappa shape index (κ3) is 4.45. The van der Waals surface area contributed by atoms with Gasteiger partial charge in [-0.05, 0) is 18.6 Å². The molecule has 0 saturated carbocycles. The van der Waals surface area contributed by atoms with Gasteiger partial charge in [0.15, 0.2) is 0 Å². The van der Waals surface area contributed by atoms with Gasteiger partial charge >= 0.3 is 0 Å². The van der Waals surface area contributed by atoms with Crippen molar-refractivity contribution in [2.75, 3.05) is 11.9 Å². The number of hydrogen-bond acceptors (Lipinski definition) is 3. The fourth-order valence-electron chi connectivity index (χ4n) is 1.25. The van der Waals surface area contributed by atoms with E-state index in [1.807, 2.05) is 0 Å². The van der Waals surface area contributed by atoms with E-state index in [0.717, 1.165) is 0 Å². The Labute approximate surface area is 94.3 Å². The molecule has 0 saturated heterocycles. The zero-order valence-electron chi connectivity index (χ0n) is 8.48. The van der Waals surface area contributed by atoms with Gasteiger partial charge in [0.25, 0.3) is 10.1 Å². The first-order valence-electron chi connectivity index (χ1n) is 4.64. The summed E-state index contributed by atoms with van der Waals surface area (Å²) in [7, 11) is -7.57. The fraction of sp³-hybridized carbons (Fsp3) is 0.333. The van der Waals surface area contributed by atoms with E-state index in [0.29, 0.717) is 5.30 Å². The summed E-state index contributed by atoms with van der Waals surface area (Å²) in [6.45, 7) is 0. The maximum Gasteiger partial charge on any atom is 0.264 e. The molecule has 1 unspecified atom stereocenters. The Bertz CT molecular complexity index is 482. The average Bonchev–Trinajstić information content (AvgIpc) is 2.17. The van der Waals surface area contributed by atoms with Crippen molar-refractivity contribution >= 4 is 22.8 Å². The quantitative estimate of drug-likeness (QED) is 0.608. The van der Waals surface area contributed by atoms with Crippen LogP contribution < -0.4 is 5.30 Å². The van der Waals surface area contributed by atoms with Crippen LogP contribution in [0.4, 0.5) is 0 Å². The maximum absolute atomic E-state index is 11.8. The van der Waals surface area contributed by atoms with Gasteiger partial charge in [-0.2, -0.15) is 8.42 Å². The van der Waals surface area contributed by atoms with Crippen LogP contribution in [0.25, 0.3) is 0 Å². The standard InChI is InChI=1S/C9H13O5PS/c10-15(11,7-4-8-16(12,13)14)9-5-2-1-3-6-9/h1-3,5-6H,4,7-8H2,(H,10,11)(H,12,13,14). The third-order valence-electron chi connectivity index (χ3n) is 2.02. The van der Waals surface area contributed by atoms with Crippen molar-refractivity contribution in [2.45, 2.75) is 6.42 Å². The minimum absolute atomic E-state index is 0.0402. The second-order valence-corrected chi connectivity index (χ2v) is 7.34. The molecule has 0 heterocycles. The predicted molar refractivity (Wildman–Crippen MR) is 61.8 cm³/mol. The lowest BCUT2D eigenvalue weighted by Crippen LogP contribution is -2.10. The largest absolute Gasteiger partial charge is 0.341 e. The second kappa shape index (κ2) is 5.10. The molecule has 0 aliphatic rings. The van der Waals surface area contributed by atoms with E-state index in [9.17, 15) is 17.9 Å². The van der Waals surface area contributed by atoms with Crippen molar-refractivity contribution in [1.29, 1.82) is 0 Å². The summed E-state index contributed by atoms with van der Waals surface area (Å²) >= 11 is 0. The predicted octanol–water partition coefficient (Wildman–Crippen LogP) is 0.860. The molecule has 1 rings (SSSR count). The molecule has 90 valence electrons. The Balaban J connectivity index is 2.64. The summed E-state index contributed by atoms with van der Waals surface area (Å²) in [4.78, 5) is 9.66. The first kappa shape index (κ1) is 13.4. The highest BCUT2D eigenvalue weighted by Crippen LogP contribution is 2.39. The monoisotopic (exact) mass is 264 g/mol. The Morgan fingerprint density at radius 1 is 1.19 bits per heavy atom. The Morgan fingerprint density at radius 2 is 1.75 bits per heavy atom. The zero-order valence-corrected chi connectivity index (χ0v) is 10.2. The third-order valence-corrected chi connectivity index (χ3v) is 4.86. The summed E-state index contributed by atoms with van der Waals surface area (Å²) in [6.07, 6.45) is -0.196. The molecular weight excluding hydrogens is 251 g/mol. The molecule has 16 heavy (non-hydrogen) atoms. The van der Waals surface area contributed by atoms with Crippen molar-refractivity contribution in [3.63, 3.8) is 0 Å². The first-order chi connectivity index (χ1) is 7.31. The van der Waals surface area contributed by atoms with E-state index in [4.69, 9.17) is 4.55 Å². The first-order valence-corrected chi connectivity index (χ1v) is 8.09. The molecule has 0 bridgehead atoms. The van der Waals surface area contributed by atoms with Crippen LogP contribution in [-0.2, 0) is 14.7 Å². The van der Waals surface area contributed by atoms with E-state index in [-0.39, 0.29) is 12.6 Å². The molecule has 1 atom stereocenters. The topological polar surface area (TPSA) is 91.7 Å². The molecule has 0 aliphatic heterocycles. The van der Waals surface area contributed by atoms with Crippen molar-refractivity contribution in [1.82, 2.24) is 0 Å². The second-order valence-electron chi connectivity index (χ2n) is 3.40. The maximum atomic E-state index is 11.8. The normalized spacial score (nSPS) is 15.6. The molecule has 0 aliphatic carbocycles. The van der Waals surface area contributed by atoms with Crippen molar-refractivity contribution < 1.29 is 22.4 Å². The number of benzene rings is 1. The average molecular weight is 264 g/mol. The van der Waals surface area contributed by atoms with Crippen LogP contribution in [0.3, 0.4) is 0 Å². The Kier molecular flexibility index (Phi) is 4.27. The van der Waals surface area contributed by atoms with Crippen LogP contribution in [-0.4, -0.2) is 29.8 Å². The van der Waals surface area contributed by atoms with Crippen LogP contribution in [0.2, 0.25) is 0 Å². The summed E-state index contributed by atoms with van der Waals surface area (Å²) in [5, 5.41) is 0.297. The molecule has 5 nitrogen and oxygen atoms in total. The van der Waals surface area contributed by atoms with Gasteiger partial charge in [-0.3, -0.25) is 9.12 Å². The van der Waals surface area contributed by atoms with Crippen LogP contribution in [0.1, 0.15) is 6.42 Å². The molecule has 0 amide bonds. The smallest absolute Gasteiger partial charge is 0.264 e. The van der Waals surface area contributed by atoms with Gasteiger partial charge in [0, 0.05) is 11.5 Å². The summed E-state index contributed by atoms with van der Waals surface area (Å²) in [5.74, 6) is -0.496. The van der Waals surface area contributed by atoms with Crippen molar-refractivity contribution in [2.24, 2.45) is 0 Å². The molecule has 2 N–H and O–H groups in total. The van der Waals surface area contributed by atoms with Crippen molar-refractivity contribution in [3.8, 4) is 0 Å². The Hall–Kier alpha value is -0.680. The van der Waals surface area contributed by atoms with E-state index >= 15 is 0 Å². The molecule has 7 heteroatoms. The lowest BCUT2D eigenvalue weighted by atomic mass is 10.4. The van der Waals surface area contributed by atoms with Crippen LogP contribution in [0, 0.1) is 0 Å². The SMILES string of the molecule is O=P(O)(CCCS(=O)(=O)O)c1ccccc1. The summed E-state index contributed by atoms with van der Waals surface area (Å²) in [6, 6.07) is 8.05. The number of rotatable bonds is 5. The van der Waals surface area contributed by atoms with E-state index in [1.54, 1.807) is 18.2 Å². The highest BCUT2D eigenvalue weighted by atomic mass is 32.2. The molecule has 0 fully saturated rings. The minimum atomic E-state index is -4.06. The zero-order chi connectivity index (χ0) is 12.2. The van der Waals surface area contributed by atoms with Gasteiger partial charge in [-0.25, -0.2) is 0 Å². The lowest BCUT2D eigenvalue weighted by Gasteiger charge is -2.10. The Morgan fingerprint density at radius 3 is 2.25 bits per heavy atom. The lowest BCUT2D eigenvalue weighted by molar-refractivity contribution is 0.479. The minimum Gasteiger partial charge on any atom is -0.341 e. The van der Waals surface area contributed by atoms with Gasteiger partial charge in [-0.15, -0.1) is 0 Å². The molecule has 1 aromatic carbocycles. The molecular formula is C9H13O5PS. The molecule has 0 spiro atoms. The highest BCUT2D eigenvalue weighted by molar-refractivity contribution is 7.85. The van der Waals surface area contributed by atoms with E-state index < -0.39 is 23.2 Å². The van der Waals surface area contributed by atoms with E-state index in [2.05, 4.69) is 0 Å². The molecule has 0 aromatic heterocycles.